The summed E-state index contributed by atoms with van der Waals surface area (Å²) in [5, 5.41) is 0. The SMILES string of the molecule is [B]Cc1oc(-c2ccc(C)cc2)nc1C. The van der Waals surface area contributed by atoms with Gasteiger partial charge < -0.3 is 4.42 Å². The van der Waals surface area contributed by atoms with E-state index >= 15 is 0 Å². The Hall–Kier alpha value is -1.51. The van der Waals surface area contributed by atoms with Crippen molar-refractivity contribution in [3.8, 4) is 11.5 Å². The lowest BCUT2D eigenvalue weighted by Crippen LogP contribution is -1.82. The van der Waals surface area contributed by atoms with Gasteiger partial charge in [-0.2, -0.15) is 0 Å². The van der Waals surface area contributed by atoms with Gasteiger partial charge in [-0.3, -0.25) is 0 Å². The van der Waals surface area contributed by atoms with Gasteiger partial charge in [-0.15, -0.1) is 0 Å². The predicted molar refractivity (Wildman–Crippen MR) is 60.9 cm³/mol. The zero-order valence-corrected chi connectivity index (χ0v) is 8.95. The van der Waals surface area contributed by atoms with Crippen LogP contribution in [0, 0.1) is 13.8 Å². The van der Waals surface area contributed by atoms with Crippen LogP contribution in [0.3, 0.4) is 0 Å². The van der Waals surface area contributed by atoms with Crippen molar-refractivity contribution < 1.29 is 4.42 Å². The first-order chi connectivity index (χ1) is 7.20. The first kappa shape index (κ1) is 10.0. The Kier molecular flexibility index (Phi) is 2.63. The second-order valence-corrected chi connectivity index (χ2v) is 3.60. The van der Waals surface area contributed by atoms with Crippen molar-refractivity contribution in [2.75, 3.05) is 0 Å². The van der Waals surface area contributed by atoms with Gasteiger partial charge in [0.05, 0.1) is 13.5 Å². The van der Waals surface area contributed by atoms with Crippen molar-refractivity contribution in [1.29, 1.82) is 0 Å². The van der Waals surface area contributed by atoms with Gasteiger partial charge in [-0.05, 0) is 32.3 Å². The fourth-order valence-corrected chi connectivity index (χ4v) is 1.44. The van der Waals surface area contributed by atoms with Crippen LogP contribution in [0.25, 0.3) is 11.5 Å². The summed E-state index contributed by atoms with van der Waals surface area (Å²) >= 11 is 0. The quantitative estimate of drug-likeness (QED) is 0.691. The fraction of sp³-hybridized carbons (Fsp3) is 0.250. The highest BCUT2D eigenvalue weighted by Gasteiger charge is 2.08. The lowest BCUT2D eigenvalue weighted by Gasteiger charge is -1.95. The van der Waals surface area contributed by atoms with Crippen LogP contribution in [0.15, 0.2) is 28.7 Å². The summed E-state index contributed by atoms with van der Waals surface area (Å²) in [6.07, 6.45) is 0.394. The summed E-state index contributed by atoms with van der Waals surface area (Å²) in [4.78, 5) is 4.33. The summed E-state index contributed by atoms with van der Waals surface area (Å²) in [7, 11) is 5.53. The molecule has 0 amide bonds. The first-order valence-electron chi connectivity index (χ1n) is 4.94. The number of hydrogen-bond donors (Lipinski definition) is 0. The molecule has 0 spiro atoms. The van der Waals surface area contributed by atoms with E-state index in [1.807, 2.05) is 31.2 Å². The molecule has 1 aromatic heterocycles. The molecule has 0 aliphatic carbocycles. The molecule has 2 rings (SSSR count). The molecule has 2 aromatic rings. The van der Waals surface area contributed by atoms with Gasteiger partial charge in [-0.1, -0.05) is 17.7 Å². The van der Waals surface area contributed by atoms with Crippen LogP contribution in [-0.2, 0) is 6.32 Å². The van der Waals surface area contributed by atoms with Crippen molar-refractivity contribution in [1.82, 2.24) is 4.98 Å². The Balaban J connectivity index is 2.41. The maximum atomic E-state index is 5.55. The van der Waals surface area contributed by atoms with Crippen LogP contribution in [0.2, 0.25) is 0 Å². The topological polar surface area (TPSA) is 26.0 Å². The number of rotatable bonds is 2. The zero-order chi connectivity index (χ0) is 10.8. The maximum absolute atomic E-state index is 5.55. The number of hydrogen-bond acceptors (Lipinski definition) is 2. The number of aromatic nitrogens is 1. The van der Waals surface area contributed by atoms with Gasteiger partial charge in [0, 0.05) is 5.56 Å². The Morgan fingerprint density at radius 3 is 2.40 bits per heavy atom. The van der Waals surface area contributed by atoms with E-state index in [0.717, 1.165) is 17.0 Å². The van der Waals surface area contributed by atoms with Crippen LogP contribution in [0.4, 0.5) is 0 Å². The van der Waals surface area contributed by atoms with Gasteiger partial charge >= 0.3 is 0 Å². The minimum absolute atomic E-state index is 0.394. The highest BCUT2D eigenvalue weighted by atomic mass is 16.4. The van der Waals surface area contributed by atoms with Gasteiger partial charge in [0.1, 0.15) is 5.76 Å². The van der Waals surface area contributed by atoms with Crippen LogP contribution >= 0.6 is 0 Å². The molecule has 0 unspecified atom stereocenters. The molecule has 0 N–H and O–H groups in total. The molecule has 1 aromatic carbocycles. The summed E-state index contributed by atoms with van der Waals surface area (Å²) in [6, 6.07) is 8.08. The summed E-state index contributed by atoms with van der Waals surface area (Å²) < 4.78 is 5.55. The smallest absolute Gasteiger partial charge is 0.226 e. The van der Waals surface area contributed by atoms with Crippen molar-refractivity contribution in [2.45, 2.75) is 20.2 Å². The minimum Gasteiger partial charge on any atom is -0.442 e. The standard InChI is InChI=1S/C12H12BNO/c1-8-3-5-10(6-4-8)12-14-9(2)11(7-13)15-12/h3-6H,7H2,1-2H3. The van der Waals surface area contributed by atoms with E-state index in [2.05, 4.69) is 11.9 Å². The molecule has 2 nitrogen and oxygen atoms in total. The largest absolute Gasteiger partial charge is 0.442 e. The normalized spacial score (nSPS) is 10.5. The summed E-state index contributed by atoms with van der Waals surface area (Å²) in [5.74, 6) is 1.40. The third kappa shape index (κ3) is 1.96. The van der Waals surface area contributed by atoms with E-state index in [1.54, 1.807) is 0 Å². The molecule has 0 saturated carbocycles. The Morgan fingerprint density at radius 1 is 1.20 bits per heavy atom. The molecule has 0 fully saturated rings. The van der Waals surface area contributed by atoms with Crippen molar-refractivity contribution in [3.63, 3.8) is 0 Å². The van der Waals surface area contributed by atoms with E-state index in [-0.39, 0.29) is 0 Å². The first-order valence-corrected chi connectivity index (χ1v) is 4.94. The number of aryl methyl sites for hydroxylation is 2. The molecule has 0 bridgehead atoms. The van der Waals surface area contributed by atoms with E-state index in [0.29, 0.717) is 12.2 Å². The highest BCUT2D eigenvalue weighted by Crippen LogP contribution is 2.21. The van der Waals surface area contributed by atoms with Crippen LogP contribution in [-0.4, -0.2) is 12.8 Å². The third-order valence-electron chi connectivity index (χ3n) is 2.38. The average Bonchev–Trinajstić information content (AvgIpc) is 2.61. The molecule has 0 aliphatic rings. The van der Waals surface area contributed by atoms with E-state index in [9.17, 15) is 0 Å². The summed E-state index contributed by atoms with van der Waals surface area (Å²) in [6.45, 7) is 3.96. The minimum atomic E-state index is 0.394. The Bertz CT molecular complexity index is 459. The third-order valence-corrected chi connectivity index (χ3v) is 2.38. The zero-order valence-electron chi connectivity index (χ0n) is 8.95. The Morgan fingerprint density at radius 2 is 1.87 bits per heavy atom. The van der Waals surface area contributed by atoms with Crippen molar-refractivity contribution in [3.05, 3.63) is 41.3 Å². The van der Waals surface area contributed by atoms with Gasteiger partial charge in [0.25, 0.3) is 0 Å². The van der Waals surface area contributed by atoms with E-state index in [1.165, 1.54) is 5.56 Å². The van der Waals surface area contributed by atoms with Crippen molar-refractivity contribution in [2.24, 2.45) is 0 Å². The van der Waals surface area contributed by atoms with E-state index in [4.69, 9.17) is 12.3 Å². The second kappa shape index (κ2) is 3.93. The van der Waals surface area contributed by atoms with Crippen LogP contribution < -0.4 is 0 Å². The molecule has 0 atom stereocenters. The van der Waals surface area contributed by atoms with Crippen LogP contribution in [0.5, 0.6) is 0 Å². The average molecular weight is 197 g/mol. The molecule has 1 heterocycles. The second-order valence-electron chi connectivity index (χ2n) is 3.60. The number of oxazole rings is 1. The molecular weight excluding hydrogens is 185 g/mol. The van der Waals surface area contributed by atoms with Crippen LogP contribution in [0.1, 0.15) is 17.0 Å². The van der Waals surface area contributed by atoms with Gasteiger partial charge in [0.15, 0.2) is 0 Å². The lowest BCUT2D eigenvalue weighted by molar-refractivity contribution is 0.535. The predicted octanol–water partition coefficient (Wildman–Crippen LogP) is 2.63. The van der Waals surface area contributed by atoms with Gasteiger partial charge in [0.2, 0.25) is 5.89 Å². The van der Waals surface area contributed by atoms with Gasteiger partial charge in [-0.25, -0.2) is 4.98 Å². The molecule has 74 valence electrons. The maximum Gasteiger partial charge on any atom is 0.226 e. The molecule has 0 saturated heterocycles. The lowest BCUT2D eigenvalue weighted by atomic mass is 10.0. The monoisotopic (exact) mass is 197 g/mol. The highest BCUT2D eigenvalue weighted by molar-refractivity contribution is 6.08. The summed E-state index contributed by atoms with van der Waals surface area (Å²) in [5.41, 5.74) is 3.08. The molecule has 0 aliphatic heterocycles. The fourth-order valence-electron chi connectivity index (χ4n) is 1.44. The molecule has 15 heavy (non-hydrogen) atoms. The molecular formula is C12H12BNO. The molecule has 3 heteroatoms. The van der Waals surface area contributed by atoms with E-state index < -0.39 is 0 Å². The Labute approximate surface area is 90.7 Å². The van der Waals surface area contributed by atoms with Crippen molar-refractivity contribution >= 4 is 7.85 Å². The number of benzene rings is 1. The molecule has 2 radical (unpaired) electrons. The number of nitrogens with zero attached hydrogens (tertiary/aromatic N) is 1.